The number of aryl methyl sites for hydroxylation is 2. The summed E-state index contributed by atoms with van der Waals surface area (Å²) in [6.45, 7) is 4.08. The topological polar surface area (TPSA) is 20.2 Å². The molecule has 0 amide bonds. The average Bonchev–Trinajstić information content (AvgIpc) is 2.36. The van der Waals surface area contributed by atoms with E-state index in [-0.39, 0.29) is 5.82 Å². The van der Waals surface area contributed by atoms with Gasteiger partial charge >= 0.3 is 0 Å². The van der Waals surface area contributed by atoms with Crippen molar-refractivity contribution in [2.45, 2.75) is 26.4 Å². The van der Waals surface area contributed by atoms with Crippen molar-refractivity contribution in [3.8, 4) is 0 Å². The smallest absolute Gasteiger partial charge is 0.129 e. The molecule has 1 N–H and O–H groups in total. The highest BCUT2D eigenvalue weighted by molar-refractivity contribution is 9.10. The SMILES string of the molecule is Cc1ccc(CC(O)c2cc(Br)ccc2F)cc1C. The second-order valence-electron chi connectivity index (χ2n) is 4.80. The maximum Gasteiger partial charge on any atom is 0.129 e. The first-order valence-electron chi connectivity index (χ1n) is 6.16. The zero-order valence-corrected chi connectivity index (χ0v) is 12.5. The lowest BCUT2D eigenvalue weighted by molar-refractivity contribution is 0.173. The van der Waals surface area contributed by atoms with Crippen molar-refractivity contribution in [1.82, 2.24) is 0 Å². The molecule has 0 aliphatic carbocycles. The number of hydrogen-bond donors (Lipinski definition) is 1. The van der Waals surface area contributed by atoms with Crippen LogP contribution in [0.15, 0.2) is 40.9 Å². The zero-order chi connectivity index (χ0) is 14.0. The van der Waals surface area contributed by atoms with Crippen LogP contribution in [0.3, 0.4) is 0 Å². The third kappa shape index (κ3) is 3.43. The lowest BCUT2D eigenvalue weighted by Gasteiger charge is -2.13. The van der Waals surface area contributed by atoms with Crippen LogP contribution in [0, 0.1) is 19.7 Å². The lowest BCUT2D eigenvalue weighted by Crippen LogP contribution is -2.05. The summed E-state index contributed by atoms with van der Waals surface area (Å²) in [5, 5.41) is 10.2. The third-order valence-electron chi connectivity index (χ3n) is 3.32. The zero-order valence-electron chi connectivity index (χ0n) is 11.0. The summed E-state index contributed by atoms with van der Waals surface area (Å²) < 4.78 is 14.5. The van der Waals surface area contributed by atoms with E-state index in [0.29, 0.717) is 12.0 Å². The molecule has 0 aliphatic heterocycles. The summed E-state index contributed by atoms with van der Waals surface area (Å²) in [7, 11) is 0. The Labute approximate surface area is 121 Å². The molecule has 1 atom stereocenters. The van der Waals surface area contributed by atoms with Gasteiger partial charge in [-0.2, -0.15) is 0 Å². The minimum Gasteiger partial charge on any atom is -0.388 e. The summed E-state index contributed by atoms with van der Waals surface area (Å²) in [5.41, 5.74) is 3.73. The van der Waals surface area contributed by atoms with E-state index in [1.54, 1.807) is 12.1 Å². The summed E-state index contributed by atoms with van der Waals surface area (Å²) in [4.78, 5) is 0. The quantitative estimate of drug-likeness (QED) is 0.883. The normalized spacial score (nSPS) is 12.5. The van der Waals surface area contributed by atoms with E-state index in [2.05, 4.69) is 15.9 Å². The third-order valence-corrected chi connectivity index (χ3v) is 3.81. The maximum absolute atomic E-state index is 13.7. The fraction of sp³-hybridized carbons (Fsp3) is 0.250. The summed E-state index contributed by atoms with van der Waals surface area (Å²) in [6.07, 6.45) is -0.422. The van der Waals surface area contributed by atoms with E-state index in [9.17, 15) is 9.50 Å². The number of aliphatic hydroxyl groups excluding tert-OH is 1. The molecule has 3 heteroatoms. The molecular weight excluding hydrogens is 307 g/mol. The van der Waals surface area contributed by atoms with Gasteiger partial charge in [-0.1, -0.05) is 34.1 Å². The van der Waals surface area contributed by atoms with Gasteiger partial charge in [-0.3, -0.25) is 0 Å². The van der Waals surface area contributed by atoms with Gasteiger partial charge in [0.2, 0.25) is 0 Å². The van der Waals surface area contributed by atoms with Crippen LogP contribution >= 0.6 is 15.9 Å². The Morgan fingerprint density at radius 2 is 1.84 bits per heavy atom. The Kier molecular flexibility index (Phi) is 4.38. The molecule has 0 radical (unpaired) electrons. The monoisotopic (exact) mass is 322 g/mol. The van der Waals surface area contributed by atoms with E-state index in [0.717, 1.165) is 10.0 Å². The van der Waals surface area contributed by atoms with Crippen LogP contribution in [0.5, 0.6) is 0 Å². The van der Waals surface area contributed by atoms with Crippen LogP contribution in [0.2, 0.25) is 0 Å². The van der Waals surface area contributed by atoms with E-state index in [1.165, 1.54) is 17.2 Å². The molecular formula is C16H16BrFO. The van der Waals surface area contributed by atoms with Gasteiger partial charge in [0, 0.05) is 16.5 Å². The van der Waals surface area contributed by atoms with E-state index < -0.39 is 6.10 Å². The molecule has 0 saturated heterocycles. The number of benzene rings is 2. The Morgan fingerprint density at radius 1 is 1.11 bits per heavy atom. The first-order chi connectivity index (χ1) is 8.97. The minimum absolute atomic E-state index is 0.326. The highest BCUT2D eigenvalue weighted by atomic mass is 79.9. The second kappa shape index (κ2) is 5.85. The second-order valence-corrected chi connectivity index (χ2v) is 5.72. The van der Waals surface area contributed by atoms with Gasteiger partial charge in [-0.25, -0.2) is 4.39 Å². The Morgan fingerprint density at radius 3 is 2.53 bits per heavy atom. The lowest BCUT2D eigenvalue weighted by atomic mass is 9.98. The van der Waals surface area contributed by atoms with Crippen molar-refractivity contribution < 1.29 is 9.50 Å². The number of hydrogen-bond acceptors (Lipinski definition) is 1. The fourth-order valence-corrected chi connectivity index (χ4v) is 2.41. The molecule has 0 spiro atoms. The van der Waals surface area contributed by atoms with Crippen molar-refractivity contribution in [2.75, 3.05) is 0 Å². The average molecular weight is 323 g/mol. The van der Waals surface area contributed by atoms with Gasteiger partial charge in [0.25, 0.3) is 0 Å². The molecule has 0 heterocycles. The van der Waals surface area contributed by atoms with Crippen molar-refractivity contribution >= 4 is 15.9 Å². The minimum atomic E-state index is -0.834. The molecule has 1 unspecified atom stereocenters. The van der Waals surface area contributed by atoms with Gasteiger partial charge in [-0.05, 0) is 48.7 Å². The Balaban J connectivity index is 2.22. The van der Waals surface area contributed by atoms with E-state index in [1.807, 2.05) is 32.0 Å². The number of halogens is 2. The molecule has 2 aromatic carbocycles. The van der Waals surface area contributed by atoms with Crippen LogP contribution in [-0.2, 0) is 6.42 Å². The standard InChI is InChI=1S/C16H16BrFO/c1-10-3-4-12(7-11(10)2)8-16(19)14-9-13(17)5-6-15(14)18/h3-7,9,16,19H,8H2,1-2H3. The Hall–Kier alpha value is -1.19. The molecule has 2 aromatic rings. The van der Waals surface area contributed by atoms with Crippen LogP contribution in [0.25, 0.3) is 0 Å². The molecule has 0 saturated carbocycles. The molecule has 0 aliphatic rings. The number of aliphatic hydroxyl groups is 1. The predicted molar refractivity (Wildman–Crippen MR) is 78.7 cm³/mol. The molecule has 100 valence electrons. The highest BCUT2D eigenvalue weighted by Gasteiger charge is 2.14. The predicted octanol–water partition coefficient (Wildman–Crippen LogP) is 4.48. The van der Waals surface area contributed by atoms with Gasteiger partial charge in [0.1, 0.15) is 5.82 Å². The van der Waals surface area contributed by atoms with Crippen LogP contribution < -0.4 is 0 Å². The molecule has 0 aromatic heterocycles. The number of rotatable bonds is 3. The van der Waals surface area contributed by atoms with Crippen LogP contribution in [0.4, 0.5) is 4.39 Å². The van der Waals surface area contributed by atoms with Crippen molar-refractivity contribution in [1.29, 1.82) is 0 Å². The summed E-state index contributed by atoms with van der Waals surface area (Å²) >= 11 is 3.29. The molecule has 19 heavy (non-hydrogen) atoms. The van der Waals surface area contributed by atoms with Crippen LogP contribution in [0.1, 0.15) is 28.4 Å². The van der Waals surface area contributed by atoms with Gasteiger partial charge in [0.15, 0.2) is 0 Å². The van der Waals surface area contributed by atoms with Gasteiger partial charge in [-0.15, -0.1) is 0 Å². The van der Waals surface area contributed by atoms with Crippen molar-refractivity contribution in [3.05, 3.63) is 68.9 Å². The van der Waals surface area contributed by atoms with Gasteiger partial charge < -0.3 is 5.11 Å². The summed E-state index contributed by atoms with van der Waals surface area (Å²) in [5.74, 6) is -0.375. The van der Waals surface area contributed by atoms with Crippen molar-refractivity contribution in [2.24, 2.45) is 0 Å². The van der Waals surface area contributed by atoms with E-state index in [4.69, 9.17) is 0 Å². The van der Waals surface area contributed by atoms with Crippen LogP contribution in [-0.4, -0.2) is 5.11 Å². The largest absolute Gasteiger partial charge is 0.388 e. The first kappa shape index (κ1) is 14.2. The molecule has 1 nitrogen and oxygen atoms in total. The van der Waals surface area contributed by atoms with E-state index >= 15 is 0 Å². The van der Waals surface area contributed by atoms with Crippen molar-refractivity contribution in [3.63, 3.8) is 0 Å². The highest BCUT2D eigenvalue weighted by Crippen LogP contribution is 2.25. The van der Waals surface area contributed by atoms with Gasteiger partial charge in [0.05, 0.1) is 6.10 Å². The first-order valence-corrected chi connectivity index (χ1v) is 6.96. The maximum atomic E-state index is 13.7. The molecule has 0 fully saturated rings. The fourth-order valence-electron chi connectivity index (χ4n) is 2.03. The molecule has 2 rings (SSSR count). The summed E-state index contributed by atoms with van der Waals surface area (Å²) in [6, 6.07) is 10.6. The molecule has 0 bridgehead atoms. The Bertz CT molecular complexity index is 595.